The van der Waals surface area contributed by atoms with Crippen LogP contribution in [-0.4, -0.2) is 17.7 Å². The Morgan fingerprint density at radius 3 is 2.69 bits per heavy atom. The summed E-state index contributed by atoms with van der Waals surface area (Å²) in [7, 11) is 0. The molecule has 1 amide bonds. The maximum absolute atomic E-state index is 13.1. The molecule has 0 unspecified atom stereocenters. The SMILES string of the molecule is Cc1ccc(C)c(-c2cccc(NC(=O)C3(c4ccc5c(c4)OCO5)CC3)n2)c1.[HH]. The summed E-state index contributed by atoms with van der Waals surface area (Å²) in [5, 5.41) is 3.03. The quantitative estimate of drug-likeness (QED) is 0.682. The first-order valence-corrected chi connectivity index (χ1v) is 9.81. The summed E-state index contributed by atoms with van der Waals surface area (Å²) in [4.78, 5) is 17.8. The van der Waals surface area contributed by atoms with E-state index in [-0.39, 0.29) is 14.1 Å². The average Bonchev–Trinajstić information content (AvgIpc) is 3.41. The molecule has 1 saturated carbocycles. The predicted octanol–water partition coefficient (Wildman–Crippen LogP) is 5.01. The van der Waals surface area contributed by atoms with E-state index in [1.165, 1.54) is 5.56 Å². The maximum atomic E-state index is 13.1. The number of aryl methyl sites for hydroxylation is 2. The topological polar surface area (TPSA) is 60.5 Å². The number of hydrogen-bond donors (Lipinski definition) is 1. The molecule has 1 fully saturated rings. The van der Waals surface area contributed by atoms with Crippen LogP contribution in [0.4, 0.5) is 5.82 Å². The molecule has 0 radical (unpaired) electrons. The number of benzene rings is 2. The van der Waals surface area contributed by atoms with Crippen molar-refractivity contribution in [3.8, 4) is 22.8 Å². The minimum atomic E-state index is -0.516. The fraction of sp³-hybridized carbons (Fsp3) is 0.250. The van der Waals surface area contributed by atoms with Crippen molar-refractivity contribution >= 4 is 11.7 Å². The van der Waals surface area contributed by atoms with Gasteiger partial charge in [0.1, 0.15) is 5.82 Å². The molecule has 0 saturated heterocycles. The summed E-state index contributed by atoms with van der Waals surface area (Å²) in [6.07, 6.45) is 1.63. The van der Waals surface area contributed by atoms with Crippen LogP contribution in [0.3, 0.4) is 0 Å². The molecule has 3 aromatic rings. The number of anilines is 1. The van der Waals surface area contributed by atoms with Crippen LogP contribution in [0.5, 0.6) is 11.5 Å². The predicted molar refractivity (Wildman–Crippen MR) is 113 cm³/mol. The number of hydrogen-bond acceptors (Lipinski definition) is 4. The molecule has 0 atom stereocenters. The third-order valence-corrected chi connectivity index (χ3v) is 5.77. The highest BCUT2D eigenvalue weighted by Crippen LogP contribution is 2.51. The van der Waals surface area contributed by atoms with Gasteiger partial charge in [0.25, 0.3) is 0 Å². The van der Waals surface area contributed by atoms with E-state index in [2.05, 4.69) is 37.4 Å². The molecule has 1 aliphatic carbocycles. The monoisotopic (exact) mass is 388 g/mol. The van der Waals surface area contributed by atoms with Crippen LogP contribution in [0.15, 0.2) is 54.6 Å². The zero-order valence-electron chi connectivity index (χ0n) is 16.5. The zero-order chi connectivity index (χ0) is 20.0. The lowest BCUT2D eigenvalue weighted by molar-refractivity contribution is -0.118. The van der Waals surface area contributed by atoms with Crippen LogP contribution >= 0.6 is 0 Å². The summed E-state index contributed by atoms with van der Waals surface area (Å²) in [6, 6.07) is 17.8. The first kappa shape index (κ1) is 17.7. The van der Waals surface area contributed by atoms with Crippen molar-refractivity contribution in [2.75, 3.05) is 12.1 Å². The van der Waals surface area contributed by atoms with Crippen LogP contribution in [0.1, 0.15) is 31.0 Å². The second-order valence-corrected chi connectivity index (χ2v) is 7.83. The summed E-state index contributed by atoms with van der Waals surface area (Å²) in [5.41, 5.74) is 4.73. The fourth-order valence-corrected chi connectivity index (χ4v) is 3.87. The molecular formula is C24H24N2O3. The Bertz CT molecular complexity index is 1130. The highest BCUT2D eigenvalue weighted by molar-refractivity contribution is 6.01. The Balaban J connectivity index is 0.00000218. The van der Waals surface area contributed by atoms with Crippen LogP contribution in [0, 0.1) is 13.8 Å². The standard InChI is InChI=1S/C24H22N2O3.H2/c1-15-6-7-16(2)18(12-15)19-4-3-5-22(25-19)26-23(27)24(10-11-24)17-8-9-20-21(13-17)29-14-28-20;/h3-9,12-13H,10-11,14H2,1-2H3,(H,25,26,27);1H. The molecule has 1 N–H and O–H groups in total. The van der Waals surface area contributed by atoms with Crippen molar-refractivity contribution in [1.82, 2.24) is 4.98 Å². The van der Waals surface area contributed by atoms with Gasteiger partial charge in [-0.25, -0.2) is 4.98 Å². The highest BCUT2D eigenvalue weighted by Gasteiger charge is 2.51. The van der Waals surface area contributed by atoms with Gasteiger partial charge in [-0.2, -0.15) is 0 Å². The van der Waals surface area contributed by atoms with Crippen molar-refractivity contribution in [2.45, 2.75) is 32.1 Å². The first-order chi connectivity index (χ1) is 14.0. The molecular weight excluding hydrogens is 364 g/mol. The lowest BCUT2D eigenvalue weighted by Crippen LogP contribution is -2.28. The molecule has 5 heteroatoms. The second kappa shape index (κ2) is 6.62. The van der Waals surface area contributed by atoms with Gasteiger partial charge in [0.15, 0.2) is 11.5 Å². The lowest BCUT2D eigenvalue weighted by atomic mass is 9.94. The third-order valence-electron chi connectivity index (χ3n) is 5.77. The summed E-state index contributed by atoms with van der Waals surface area (Å²) >= 11 is 0. The Kier molecular flexibility index (Phi) is 4.05. The number of nitrogens with zero attached hydrogens (tertiary/aromatic N) is 1. The van der Waals surface area contributed by atoms with E-state index >= 15 is 0 Å². The van der Waals surface area contributed by atoms with E-state index < -0.39 is 5.41 Å². The summed E-state index contributed by atoms with van der Waals surface area (Å²) in [6.45, 7) is 4.37. The number of pyridine rings is 1. The van der Waals surface area contributed by atoms with Gasteiger partial charge in [-0.1, -0.05) is 29.8 Å². The maximum Gasteiger partial charge on any atom is 0.236 e. The number of carbonyl (C=O) groups is 1. The largest absolute Gasteiger partial charge is 0.454 e. The smallest absolute Gasteiger partial charge is 0.236 e. The Hall–Kier alpha value is -3.34. The molecule has 0 spiro atoms. The Morgan fingerprint density at radius 1 is 1.03 bits per heavy atom. The molecule has 5 nitrogen and oxygen atoms in total. The summed E-state index contributed by atoms with van der Waals surface area (Å²) in [5.74, 6) is 1.98. The van der Waals surface area contributed by atoms with Crippen molar-refractivity contribution in [2.24, 2.45) is 0 Å². The third kappa shape index (κ3) is 3.12. The molecule has 5 rings (SSSR count). The van der Waals surface area contributed by atoms with Crippen LogP contribution in [0.25, 0.3) is 11.3 Å². The van der Waals surface area contributed by atoms with Crippen molar-refractivity contribution < 1.29 is 15.7 Å². The van der Waals surface area contributed by atoms with Crippen LogP contribution in [-0.2, 0) is 10.2 Å². The highest BCUT2D eigenvalue weighted by atomic mass is 16.7. The van der Waals surface area contributed by atoms with Gasteiger partial charge >= 0.3 is 0 Å². The van der Waals surface area contributed by atoms with Crippen molar-refractivity contribution in [1.29, 1.82) is 0 Å². The molecule has 2 aliphatic rings. The number of ether oxygens (including phenoxy) is 2. The molecule has 2 heterocycles. The van der Waals surface area contributed by atoms with Gasteiger partial charge in [0.05, 0.1) is 11.1 Å². The van der Waals surface area contributed by atoms with Gasteiger partial charge in [-0.15, -0.1) is 0 Å². The number of fused-ring (bicyclic) bond motifs is 1. The van der Waals surface area contributed by atoms with Crippen LogP contribution in [0.2, 0.25) is 0 Å². The number of amides is 1. The first-order valence-electron chi connectivity index (χ1n) is 9.81. The van der Waals surface area contributed by atoms with E-state index in [0.717, 1.165) is 41.0 Å². The van der Waals surface area contributed by atoms with E-state index in [9.17, 15) is 4.79 Å². The van der Waals surface area contributed by atoms with Crippen molar-refractivity contribution in [3.63, 3.8) is 0 Å². The van der Waals surface area contributed by atoms with E-state index in [4.69, 9.17) is 14.5 Å². The number of carbonyl (C=O) groups excluding carboxylic acids is 1. The molecule has 29 heavy (non-hydrogen) atoms. The minimum Gasteiger partial charge on any atom is -0.454 e. The summed E-state index contributed by atoms with van der Waals surface area (Å²) < 4.78 is 10.9. The van der Waals surface area contributed by atoms with Gasteiger partial charge in [0, 0.05) is 6.99 Å². The molecule has 2 aromatic carbocycles. The fourth-order valence-electron chi connectivity index (χ4n) is 3.87. The Labute approximate surface area is 171 Å². The average molecular weight is 388 g/mol. The zero-order valence-corrected chi connectivity index (χ0v) is 16.5. The van der Waals surface area contributed by atoms with E-state index in [1.54, 1.807) is 0 Å². The molecule has 148 valence electrons. The Morgan fingerprint density at radius 2 is 1.86 bits per heavy atom. The molecule has 1 aromatic heterocycles. The minimum absolute atomic E-state index is 0. The van der Waals surface area contributed by atoms with Gasteiger partial charge in [-0.3, -0.25) is 4.79 Å². The van der Waals surface area contributed by atoms with Crippen molar-refractivity contribution in [3.05, 3.63) is 71.3 Å². The molecule has 0 bridgehead atoms. The van der Waals surface area contributed by atoms with Gasteiger partial charge in [0.2, 0.25) is 12.7 Å². The van der Waals surface area contributed by atoms with E-state index in [0.29, 0.717) is 11.6 Å². The number of rotatable bonds is 4. The number of aromatic nitrogens is 1. The normalized spacial score (nSPS) is 15.8. The van der Waals surface area contributed by atoms with Gasteiger partial charge < -0.3 is 14.8 Å². The van der Waals surface area contributed by atoms with Gasteiger partial charge in [-0.05, 0) is 68.1 Å². The molecule has 1 aliphatic heterocycles. The lowest BCUT2D eigenvalue weighted by Gasteiger charge is -2.16. The number of nitrogens with one attached hydrogen (secondary N) is 1. The second-order valence-electron chi connectivity index (χ2n) is 7.83. The van der Waals surface area contributed by atoms with Crippen LogP contribution < -0.4 is 14.8 Å². The van der Waals surface area contributed by atoms with E-state index in [1.807, 2.05) is 36.4 Å².